The third-order valence-electron chi connectivity index (χ3n) is 2.49. The van der Waals surface area contributed by atoms with E-state index in [2.05, 4.69) is 25.8 Å². The largest absolute Gasteiger partial charge is 0.481 e. The third-order valence-corrected chi connectivity index (χ3v) is 3.42. The van der Waals surface area contributed by atoms with Crippen LogP contribution in [0.4, 0.5) is 0 Å². The van der Waals surface area contributed by atoms with E-state index in [-0.39, 0.29) is 11.3 Å². The van der Waals surface area contributed by atoms with Gasteiger partial charge < -0.3 is 5.11 Å². The highest BCUT2D eigenvalue weighted by molar-refractivity contribution is 7.09. The standard InChI is InChI=1S/C12H19NO2S/c1-7(2)9(11(14)15)10-13-8(6-16-10)12(3,4)5/h6-7,9H,1-5H3,(H,14,15). The van der Waals surface area contributed by atoms with E-state index in [4.69, 9.17) is 0 Å². The van der Waals surface area contributed by atoms with Crippen molar-refractivity contribution in [3.8, 4) is 0 Å². The summed E-state index contributed by atoms with van der Waals surface area (Å²) in [4.78, 5) is 15.6. The number of carboxylic acids is 1. The van der Waals surface area contributed by atoms with E-state index in [0.29, 0.717) is 5.01 Å². The first-order valence-electron chi connectivity index (χ1n) is 5.42. The summed E-state index contributed by atoms with van der Waals surface area (Å²) in [6.07, 6.45) is 0. The maximum atomic E-state index is 11.2. The number of rotatable bonds is 3. The van der Waals surface area contributed by atoms with Gasteiger partial charge in [-0.1, -0.05) is 34.6 Å². The highest BCUT2D eigenvalue weighted by Gasteiger charge is 2.28. The average Bonchev–Trinajstić information content (AvgIpc) is 2.50. The first kappa shape index (κ1) is 13.2. The van der Waals surface area contributed by atoms with Crippen molar-refractivity contribution >= 4 is 17.3 Å². The number of thiazole rings is 1. The quantitative estimate of drug-likeness (QED) is 0.883. The second kappa shape index (κ2) is 4.53. The molecule has 3 nitrogen and oxygen atoms in total. The minimum absolute atomic E-state index is 0.0191. The molecule has 0 aromatic carbocycles. The Morgan fingerprint density at radius 3 is 2.31 bits per heavy atom. The number of nitrogens with zero attached hydrogens (tertiary/aromatic N) is 1. The average molecular weight is 241 g/mol. The second-order valence-corrected chi connectivity index (χ2v) is 6.27. The van der Waals surface area contributed by atoms with Gasteiger partial charge in [-0.2, -0.15) is 0 Å². The smallest absolute Gasteiger partial charge is 0.313 e. The molecule has 1 unspecified atom stereocenters. The molecule has 1 aromatic rings. The van der Waals surface area contributed by atoms with Gasteiger partial charge in [0.2, 0.25) is 0 Å². The lowest BCUT2D eigenvalue weighted by atomic mass is 9.93. The lowest BCUT2D eigenvalue weighted by molar-refractivity contribution is -0.139. The van der Waals surface area contributed by atoms with Crippen LogP contribution in [0.3, 0.4) is 0 Å². The summed E-state index contributed by atoms with van der Waals surface area (Å²) in [7, 11) is 0. The lowest BCUT2D eigenvalue weighted by Crippen LogP contribution is -2.18. The summed E-state index contributed by atoms with van der Waals surface area (Å²) in [5.41, 5.74) is 0.953. The van der Waals surface area contributed by atoms with Gasteiger partial charge in [0.05, 0.1) is 5.69 Å². The molecule has 0 amide bonds. The molecule has 1 rings (SSSR count). The predicted octanol–water partition coefficient (Wildman–Crippen LogP) is 3.26. The lowest BCUT2D eigenvalue weighted by Gasteiger charge is -2.16. The SMILES string of the molecule is CC(C)C(C(=O)O)c1nc(C(C)(C)C)cs1. The maximum absolute atomic E-state index is 11.2. The Morgan fingerprint density at radius 2 is 2.00 bits per heavy atom. The molecule has 0 radical (unpaired) electrons. The molecule has 0 aliphatic rings. The summed E-state index contributed by atoms with van der Waals surface area (Å²) in [6.45, 7) is 10.1. The Bertz CT molecular complexity index is 377. The highest BCUT2D eigenvalue weighted by atomic mass is 32.1. The van der Waals surface area contributed by atoms with Crippen molar-refractivity contribution in [2.45, 2.75) is 46.0 Å². The Kier molecular flexibility index (Phi) is 3.73. The Morgan fingerprint density at radius 1 is 1.44 bits per heavy atom. The van der Waals surface area contributed by atoms with Crippen molar-refractivity contribution < 1.29 is 9.90 Å². The molecule has 0 aliphatic heterocycles. The normalized spacial score (nSPS) is 14.1. The van der Waals surface area contributed by atoms with E-state index in [1.165, 1.54) is 11.3 Å². The van der Waals surface area contributed by atoms with Crippen LogP contribution in [-0.2, 0) is 10.2 Å². The molecule has 0 fully saturated rings. The maximum Gasteiger partial charge on any atom is 0.313 e. The van der Waals surface area contributed by atoms with E-state index in [1.54, 1.807) is 0 Å². The van der Waals surface area contributed by atoms with E-state index in [0.717, 1.165) is 5.69 Å². The van der Waals surface area contributed by atoms with Gasteiger partial charge in [0.1, 0.15) is 10.9 Å². The molecule has 0 saturated carbocycles. The summed E-state index contributed by atoms with van der Waals surface area (Å²) in [5, 5.41) is 11.9. The van der Waals surface area contributed by atoms with Crippen molar-refractivity contribution in [1.82, 2.24) is 4.98 Å². The van der Waals surface area contributed by atoms with Crippen molar-refractivity contribution in [2.24, 2.45) is 5.92 Å². The van der Waals surface area contributed by atoms with Crippen LogP contribution in [0, 0.1) is 5.92 Å². The first-order chi connectivity index (χ1) is 7.23. The molecule has 1 atom stereocenters. The van der Waals surface area contributed by atoms with Crippen LogP contribution in [0.25, 0.3) is 0 Å². The van der Waals surface area contributed by atoms with Gasteiger partial charge in [0.25, 0.3) is 0 Å². The van der Waals surface area contributed by atoms with Gasteiger partial charge in [-0.25, -0.2) is 4.98 Å². The fourth-order valence-corrected chi connectivity index (χ4v) is 2.76. The molecule has 90 valence electrons. The van der Waals surface area contributed by atoms with Crippen molar-refractivity contribution in [3.05, 3.63) is 16.1 Å². The molecule has 4 heteroatoms. The summed E-state index contributed by atoms with van der Waals surface area (Å²) >= 11 is 1.45. The molecule has 0 bridgehead atoms. The summed E-state index contributed by atoms with van der Waals surface area (Å²) in [6, 6.07) is 0. The fraction of sp³-hybridized carbons (Fsp3) is 0.667. The predicted molar refractivity (Wildman–Crippen MR) is 66.0 cm³/mol. The van der Waals surface area contributed by atoms with Crippen LogP contribution in [0.1, 0.15) is 51.2 Å². The van der Waals surface area contributed by atoms with Crippen LogP contribution in [0.15, 0.2) is 5.38 Å². The molecule has 1 heterocycles. The van der Waals surface area contributed by atoms with Crippen LogP contribution >= 0.6 is 11.3 Å². The zero-order valence-corrected chi connectivity index (χ0v) is 11.3. The van der Waals surface area contributed by atoms with Gasteiger partial charge >= 0.3 is 5.97 Å². The number of carboxylic acid groups (broad SMARTS) is 1. The third kappa shape index (κ3) is 2.82. The molecule has 0 aliphatic carbocycles. The molecule has 1 aromatic heterocycles. The van der Waals surface area contributed by atoms with Crippen LogP contribution in [0.5, 0.6) is 0 Å². The van der Waals surface area contributed by atoms with Crippen LogP contribution < -0.4 is 0 Å². The Hall–Kier alpha value is -0.900. The second-order valence-electron chi connectivity index (χ2n) is 5.38. The molecule has 0 spiro atoms. The molecular formula is C12H19NO2S. The zero-order valence-electron chi connectivity index (χ0n) is 10.4. The van der Waals surface area contributed by atoms with Gasteiger partial charge in [-0.15, -0.1) is 11.3 Å². The summed E-state index contributed by atoms with van der Waals surface area (Å²) in [5.74, 6) is -1.21. The Balaban J connectivity index is 3.04. The summed E-state index contributed by atoms with van der Waals surface area (Å²) < 4.78 is 0. The van der Waals surface area contributed by atoms with Crippen LogP contribution in [-0.4, -0.2) is 16.1 Å². The van der Waals surface area contributed by atoms with Gasteiger partial charge in [0.15, 0.2) is 0 Å². The number of aliphatic carboxylic acids is 1. The molecule has 16 heavy (non-hydrogen) atoms. The molecular weight excluding hydrogens is 222 g/mol. The van der Waals surface area contributed by atoms with Crippen molar-refractivity contribution in [3.63, 3.8) is 0 Å². The zero-order chi connectivity index (χ0) is 12.5. The van der Waals surface area contributed by atoms with Crippen LogP contribution in [0.2, 0.25) is 0 Å². The van der Waals surface area contributed by atoms with Crippen molar-refractivity contribution in [2.75, 3.05) is 0 Å². The van der Waals surface area contributed by atoms with Crippen molar-refractivity contribution in [1.29, 1.82) is 0 Å². The van der Waals surface area contributed by atoms with Gasteiger partial charge in [-0.3, -0.25) is 4.79 Å². The minimum atomic E-state index is -0.787. The Labute approximate surface area is 101 Å². The number of carbonyl (C=O) groups is 1. The fourth-order valence-electron chi connectivity index (χ4n) is 1.45. The first-order valence-corrected chi connectivity index (χ1v) is 6.30. The van der Waals surface area contributed by atoms with Gasteiger partial charge in [0, 0.05) is 10.8 Å². The number of hydrogen-bond acceptors (Lipinski definition) is 3. The topological polar surface area (TPSA) is 50.2 Å². The van der Waals surface area contributed by atoms with E-state index >= 15 is 0 Å². The van der Waals surface area contributed by atoms with E-state index in [9.17, 15) is 9.90 Å². The van der Waals surface area contributed by atoms with Gasteiger partial charge in [-0.05, 0) is 5.92 Å². The number of hydrogen-bond donors (Lipinski definition) is 1. The van der Waals surface area contributed by atoms with E-state index < -0.39 is 11.9 Å². The van der Waals surface area contributed by atoms with E-state index in [1.807, 2.05) is 19.2 Å². The highest BCUT2D eigenvalue weighted by Crippen LogP contribution is 2.31. The minimum Gasteiger partial charge on any atom is -0.481 e. The molecule has 1 N–H and O–H groups in total. The molecule has 0 saturated heterocycles. The number of aromatic nitrogens is 1. The monoisotopic (exact) mass is 241 g/mol.